The fourth-order valence-corrected chi connectivity index (χ4v) is 4.54. The first-order valence-corrected chi connectivity index (χ1v) is 14.4. The van der Waals surface area contributed by atoms with Crippen molar-refractivity contribution < 1.29 is 19.1 Å². The second-order valence-electron chi connectivity index (χ2n) is 10.1. The average molecular weight is 489 g/mol. The quantitative estimate of drug-likeness (QED) is 0.0795. The number of carbonyl (C=O) groups is 2. The number of hydrogen-bond donors (Lipinski definition) is 0. The van der Waals surface area contributed by atoms with E-state index in [-0.39, 0.29) is 0 Å². The summed E-state index contributed by atoms with van der Waals surface area (Å²) in [5.74, 6) is -0.448. The van der Waals surface area contributed by atoms with Crippen LogP contribution in [0.5, 0.6) is 5.75 Å². The summed E-state index contributed by atoms with van der Waals surface area (Å²) in [6, 6.07) is 5.61. The highest BCUT2D eigenvalue weighted by Crippen LogP contribution is 2.32. The first-order valence-electron chi connectivity index (χ1n) is 14.4. The van der Waals surface area contributed by atoms with E-state index < -0.39 is 17.4 Å². The Labute approximate surface area is 215 Å². The largest absolute Gasteiger partial charge is 0.465 e. The van der Waals surface area contributed by atoms with Gasteiger partial charge in [0.2, 0.25) is 0 Å². The highest BCUT2D eigenvalue weighted by atomic mass is 16.6. The van der Waals surface area contributed by atoms with Crippen molar-refractivity contribution in [3.8, 4) is 5.75 Å². The molecule has 0 saturated carbocycles. The summed E-state index contributed by atoms with van der Waals surface area (Å²) in [4.78, 5) is 26.0. The SMILES string of the molecule is CCCCCCCCCCCCCCCCOC(=O)C(CC)(CC)C(=O)Oc1cccc(C)c1C. The molecule has 1 rings (SSSR count). The standard InChI is InChI=1S/C31H52O4/c1-6-9-10-11-12-13-14-15-16-17-18-19-20-21-25-34-29(32)31(7-2,8-3)30(33)35-28-24-22-23-26(4)27(28)5/h22-24H,6-21,25H2,1-5H3. The molecule has 0 atom stereocenters. The lowest BCUT2D eigenvalue weighted by Gasteiger charge is -2.27. The van der Waals surface area contributed by atoms with Crippen LogP contribution in [-0.2, 0) is 14.3 Å². The third-order valence-electron chi connectivity index (χ3n) is 7.48. The fraction of sp³-hybridized carbons (Fsp3) is 0.742. The predicted molar refractivity (Wildman–Crippen MR) is 146 cm³/mol. The lowest BCUT2D eigenvalue weighted by molar-refractivity contribution is -0.168. The van der Waals surface area contributed by atoms with Gasteiger partial charge in [-0.05, 0) is 50.3 Å². The maximum Gasteiger partial charge on any atom is 0.328 e. The second-order valence-corrected chi connectivity index (χ2v) is 10.1. The molecule has 0 aromatic heterocycles. The molecule has 0 radical (unpaired) electrons. The molecule has 4 heteroatoms. The third kappa shape index (κ3) is 11.2. The minimum atomic E-state index is -1.24. The smallest absolute Gasteiger partial charge is 0.328 e. The number of carbonyl (C=O) groups excluding carboxylic acids is 2. The van der Waals surface area contributed by atoms with Gasteiger partial charge in [0, 0.05) is 0 Å². The van der Waals surface area contributed by atoms with Gasteiger partial charge in [0.25, 0.3) is 0 Å². The number of esters is 2. The van der Waals surface area contributed by atoms with Gasteiger partial charge < -0.3 is 9.47 Å². The lowest BCUT2D eigenvalue weighted by Crippen LogP contribution is -2.42. The van der Waals surface area contributed by atoms with Crippen molar-refractivity contribution in [1.29, 1.82) is 0 Å². The number of rotatable bonds is 20. The van der Waals surface area contributed by atoms with Gasteiger partial charge in [0.1, 0.15) is 5.75 Å². The van der Waals surface area contributed by atoms with Crippen molar-refractivity contribution in [2.24, 2.45) is 5.41 Å². The Morgan fingerprint density at radius 1 is 0.686 bits per heavy atom. The molecule has 0 aliphatic carbocycles. The van der Waals surface area contributed by atoms with Crippen molar-refractivity contribution in [3.63, 3.8) is 0 Å². The maximum atomic E-state index is 13.0. The van der Waals surface area contributed by atoms with Gasteiger partial charge in [-0.25, -0.2) is 0 Å². The molecule has 0 spiro atoms. The van der Waals surface area contributed by atoms with Crippen molar-refractivity contribution in [1.82, 2.24) is 0 Å². The molecule has 1 aromatic rings. The van der Waals surface area contributed by atoms with E-state index in [1.807, 2.05) is 39.8 Å². The summed E-state index contributed by atoms with van der Waals surface area (Å²) >= 11 is 0. The van der Waals surface area contributed by atoms with Crippen LogP contribution < -0.4 is 4.74 Å². The highest BCUT2D eigenvalue weighted by Gasteiger charge is 2.46. The van der Waals surface area contributed by atoms with Gasteiger partial charge in [0.05, 0.1) is 6.61 Å². The maximum absolute atomic E-state index is 13.0. The van der Waals surface area contributed by atoms with Crippen LogP contribution in [0.15, 0.2) is 18.2 Å². The topological polar surface area (TPSA) is 52.6 Å². The van der Waals surface area contributed by atoms with E-state index in [1.54, 1.807) is 6.07 Å². The minimum absolute atomic E-state index is 0.366. The lowest BCUT2D eigenvalue weighted by atomic mass is 9.82. The Kier molecular flexibility index (Phi) is 16.4. The van der Waals surface area contributed by atoms with E-state index in [1.165, 1.54) is 77.0 Å². The molecule has 0 fully saturated rings. The van der Waals surface area contributed by atoms with Crippen LogP contribution in [0.4, 0.5) is 0 Å². The van der Waals surface area contributed by atoms with Crippen LogP contribution in [0.1, 0.15) is 135 Å². The summed E-state index contributed by atoms with van der Waals surface area (Å²) < 4.78 is 11.3. The summed E-state index contributed by atoms with van der Waals surface area (Å²) in [6.45, 7) is 10.2. The number of aryl methyl sites for hydroxylation is 1. The molecular formula is C31H52O4. The van der Waals surface area contributed by atoms with Gasteiger partial charge >= 0.3 is 11.9 Å². The van der Waals surface area contributed by atoms with Crippen LogP contribution >= 0.6 is 0 Å². The summed E-state index contributed by atoms with van der Waals surface area (Å²) in [6.07, 6.45) is 18.8. The minimum Gasteiger partial charge on any atom is -0.465 e. The Morgan fingerprint density at radius 3 is 1.66 bits per heavy atom. The molecule has 0 bridgehead atoms. The van der Waals surface area contributed by atoms with Crippen LogP contribution in [0, 0.1) is 19.3 Å². The van der Waals surface area contributed by atoms with Crippen molar-refractivity contribution >= 4 is 11.9 Å². The Hall–Kier alpha value is -1.84. The van der Waals surface area contributed by atoms with Gasteiger partial charge in [-0.3, -0.25) is 9.59 Å². The predicted octanol–water partition coefficient (Wildman–Crippen LogP) is 9.04. The van der Waals surface area contributed by atoms with Crippen LogP contribution in [0.2, 0.25) is 0 Å². The van der Waals surface area contributed by atoms with Crippen molar-refractivity contribution in [2.75, 3.05) is 6.61 Å². The highest BCUT2D eigenvalue weighted by molar-refractivity contribution is 6.00. The fourth-order valence-electron chi connectivity index (χ4n) is 4.54. The van der Waals surface area contributed by atoms with Crippen LogP contribution in [0.25, 0.3) is 0 Å². The number of benzene rings is 1. The molecular weight excluding hydrogens is 436 g/mol. The molecule has 0 amide bonds. The number of hydrogen-bond acceptors (Lipinski definition) is 4. The van der Waals surface area contributed by atoms with E-state index in [0.717, 1.165) is 24.0 Å². The monoisotopic (exact) mass is 488 g/mol. The Morgan fingerprint density at radius 2 is 1.17 bits per heavy atom. The molecule has 200 valence electrons. The van der Waals surface area contributed by atoms with Crippen molar-refractivity contribution in [3.05, 3.63) is 29.3 Å². The van der Waals surface area contributed by atoms with Crippen LogP contribution in [-0.4, -0.2) is 18.5 Å². The Balaban J connectivity index is 2.24. The molecule has 4 nitrogen and oxygen atoms in total. The molecule has 1 aromatic carbocycles. The molecule has 0 saturated heterocycles. The van der Waals surface area contributed by atoms with Gasteiger partial charge in [-0.15, -0.1) is 0 Å². The normalized spacial score (nSPS) is 11.5. The summed E-state index contributed by atoms with van der Waals surface area (Å²) in [5.41, 5.74) is 0.721. The Bertz CT molecular complexity index is 721. The van der Waals surface area contributed by atoms with Crippen molar-refractivity contribution in [2.45, 2.75) is 137 Å². The van der Waals surface area contributed by atoms with E-state index >= 15 is 0 Å². The molecule has 0 heterocycles. The molecule has 0 aliphatic rings. The average Bonchev–Trinajstić information content (AvgIpc) is 2.85. The summed E-state index contributed by atoms with van der Waals surface area (Å²) in [7, 11) is 0. The molecule has 35 heavy (non-hydrogen) atoms. The molecule has 0 aliphatic heterocycles. The van der Waals surface area contributed by atoms with E-state index in [2.05, 4.69) is 6.92 Å². The zero-order valence-corrected chi connectivity index (χ0v) is 23.4. The molecule has 0 N–H and O–H groups in total. The van der Waals surface area contributed by atoms with E-state index in [0.29, 0.717) is 25.2 Å². The van der Waals surface area contributed by atoms with E-state index in [4.69, 9.17) is 9.47 Å². The second kappa shape index (κ2) is 18.4. The van der Waals surface area contributed by atoms with Gasteiger partial charge in [-0.2, -0.15) is 0 Å². The number of unbranched alkanes of at least 4 members (excludes halogenated alkanes) is 13. The zero-order chi connectivity index (χ0) is 25.9. The molecule has 0 unspecified atom stereocenters. The first kappa shape index (κ1) is 31.2. The third-order valence-corrected chi connectivity index (χ3v) is 7.48. The number of ether oxygens (including phenoxy) is 2. The zero-order valence-electron chi connectivity index (χ0n) is 23.4. The van der Waals surface area contributed by atoms with Gasteiger partial charge in [-0.1, -0.05) is 116 Å². The van der Waals surface area contributed by atoms with E-state index in [9.17, 15) is 9.59 Å². The van der Waals surface area contributed by atoms with Crippen LogP contribution in [0.3, 0.4) is 0 Å². The first-order chi connectivity index (χ1) is 16.9. The summed E-state index contributed by atoms with van der Waals surface area (Å²) in [5, 5.41) is 0. The van der Waals surface area contributed by atoms with Gasteiger partial charge in [0.15, 0.2) is 5.41 Å².